The third-order valence-corrected chi connectivity index (χ3v) is 7.38. The van der Waals surface area contributed by atoms with E-state index in [9.17, 15) is 14.7 Å². The minimum absolute atomic E-state index is 0.0488. The van der Waals surface area contributed by atoms with E-state index in [2.05, 4.69) is 67.6 Å². The first-order valence-electron chi connectivity index (χ1n) is 13.0. The molecule has 1 aliphatic rings. The molecule has 0 radical (unpaired) electrons. The van der Waals surface area contributed by atoms with Gasteiger partial charge in [-0.1, -0.05) is 32.9 Å². The number of H-pyrrole nitrogens is 1. The third kappa shape index (κ3) is 7.46. The van der Waals surface area contributed by atoms with Gasteiger partial charge in [0.1, 0.15) is 17.8 Å². The van der Waals surface area contributed by atoms with Crippen LogP contribution in [0.25, 0.3) is 11.0 Å². The Hall–Kier alpha value is -3.22. The summed E-state index contributed by atoms with van der Waals surface area (Å²) in [6, 6.07) is 7.43. The predicted octanol–water partition coefficient (Wildman–Crippen LogP) is 2.83. The number of urea groups is 1. The molecule has 1 unspecified atom stereocenters. The van der Waals surface area contributed by atoms with Gasteiger partial charge in [0, 0.05) is 49.1 Å². The molecule has 3 amide bonds. The highest BCUT2D eigenvalue weighted by Gasteiger charge is 2.38. The normalized spacial score (nSPS) is 17.6. The van der Waals surface area contributed by atoms with Crippen molar-refractivity contribution < 1.29 is 14.7 Å². The number of anilines is 2. The summed E-state index contributed by atoms with van der Waals surface area (Å²) in [5.74, 6) is 0.590. The van der Waals surface area contributed by atoms with Crippen LogP contribution in [0.2, 0.25) is 0 Å². The molecule has 1 aliphatic heterocycles. The minimum Gasteiger partial charge on any atom is -0.387 e. The first kappa shape index (κ1) is 28.8. The molecule has 0 spiro atoms. The van der Waals surface area contributed by atoms with E-state index in [0.717, 1.165) is 21.3 Å². The second-order valence-electron chi connectivity index (χ2n) is 11.2. The number of halogens is 1. The third-order valence-electron chi connectivity index (χ3n) is 6.75. The molecule has 1 aromatic carbocycles. The summed E-state index contributed by atoms with van der Waals surface area (Å²) in [5, 5.41) is 20.5. The van der Waals surface area contributed by atoms with Gasteiger partial charge < -0.3 is 30.9 Å². The lowest BCUT2D eigenvalue weighted by Gasteiger charge is -2.29. The molecule has 1 fully saturated rings. The van der Waals surface area contributed by atoms with Crippen molar-refractivity contribution in [2.75, 3.05) is 56.5 Å². The Bertz CT molecular complexity index is 1310. The number of hydrogen-bond donors (Lipinski definition) is 5. The first-order valence-corrected chi connectivity index (χ1v) is 13.8. The lowest BCUT2D eigenvalue weighted by Crippen LogP contribution is -2.47. The van der Waals surface area contributed by atoms with Gasteiger partial charge >= 0.3 is 6.03 Å². The zero-order valence-corrected chi connectivity index (χ0v) is 24.4. The fourth-order valence-corrected chi connectivity index (χ4v) is 5.26. The summed E-state index contributed by atoms with van der Waals surface area (Å²) in [4.78, 5) is 40.2. The van der Waals surface area contributed by atoms with E-state index >= 15 is 0 Å². The summed E-state index contributed by atoms with van der Waals surface area (Å²) in [7, 11) is 1.81. The second-order valence-corrected chi connectivity index (χ2v) is 12.0. The van der Waals surface area contributed by atoms with Gasteiger partial charge in [0.05, 0.1) is 17.5 Å². The average molecular weight is 602 g/mol. The van der Waals surface area contributed by atoms with E-state index in [1.165, 1.54) is 11.9 Å². The van der Waals surface area contributed by atoms with E-state index in [0.29, 0.717) is 44.8 Å². The molecule has 4 rings (SSSR count). The summed E-state index contributed by atoms with van der Waals surface area (Å²) >= 11 is 3.54. The largest absolute Gasteiger partial charge is 0.387 e. The Kier molecular flexibility index (Phi) is 8.77. The van der Waals surface area contributed by atoms with E-state index in [4.69, 9.17) is 0 Å². The molecule has 5 N–H and O–H groups in total. The van der Waals surface area contributed by atoms with Gasteiger partial charge in [0.15, 0.2) is 0 Å². The number of rotatable bonds is 9. The number of carbonyl (C=O) groups excluding carboxylic acids is 2. The molecule has 0 aliphatic carbocycles. The summed E-state index contributed by atoms with van der Waals surface area (Å²) < 4.78 is 0.874. The highest BCUT2D eigenvalue weighted by atomic mass is 79.9. The zero-order valence-electron chi connectivity index (χ0n) is 22.8. The molecule has 0 bridgehead atoms. The number of amides is 3. The number of benzene rings is 1. The van der Waals surface area contributed by atoms with Crippen molar-refractivity contribution >= 4 is 50.4 Å². The van der Waals surface area contributed by atoms with Gasteiger partial charge in [-0.05, 0) is 52.5 Å². The first-order chi connectivity index (χ1) is 18.4. The summed E-state index contributed by atoms with van der Waals surface area (Å²) in [6.07, 6.45) is 3.90. The lowest BCUT2D eigenvalue weighted by molar-refractivity contribution is -0.122. The fraction of sp³-hybridized carbons (Fsp3) is 0.481. The van der Waals surface area contributed by atoms with E-state index in [1.54, 1.807) is 0 Å². The van der Waals surface area contributed by atoms with Crippen molar-refractivity contribution in [3.63, 3.8) is 0 Å². The quantitative estimate of drug-likeness (QED) is 0.238. The number of likely N-dealkylation sites (N-methyl/N-ethyl adjacent to an activating group) is 1. The number of nitrogens with one attached hydrogen (secondary N) is 4. The number of aromatic amines is 1. The van der Waals surface area contributed by atoms with Crippen LogP contribution in [0.1, 0.15) is 32.8 Å². The molecular formula is C27H37BrN8O3. The van der Waals surface area contributed by atoms with Crippen LogP contribution in [0.15, 0.2) is 41.3 Å². The van der Waals surface area contributed by atoms with Crippen molar-refractivity contribution in [1.29, 1.82) is 0 Å². The van der Waals surface area contributed by atoms with E-state index < -0.39 is 5.60 Å². The van der Waals surface area contributed by atoms with Gasteiger partial charge in [0.25, 0.3) is 0 Å². The summed E-state index contributed by atoms with van der Waals surface area (Å²) in [6.45, 7) is 8.54. The van der Waals surface area contributed by atoms with Crippen LogP contribution in [0.4, 0.5) is 16.3 Å². The molecule has 210 valence electrons. The maximum absolute atomic E-state index is 12.4. The number of fused-ring (bicyclic) bond motifs is 1. The van der Waals surface area contributed by atoms with Crippen molar-refractivity contribution in [2.45, 2.75) is 38.2 Å². The topological polar surface area (TPSA) is 139 Å². The fourth-order valence-electron chi connectivity index (χ4n) is 4.78. The van der Waals surface area contributed by atoms with Crippen LogP contribution in [0.5, 0.6) is 0 Å². The van der Waals surface area contributed by atoms with Crippen molar-refractivity contribution in [3.8, 4) is 0 Å². The number of β-amino-alcohol motifs (C(OH)–C–C–N with tert-alkyl or cyclic N) is 1. The predicted molar refractivity (Wildman–Crippen MR) is 156 cm³/mol. The Balaban J connectivity index is 1.16. The van der Waals surface area contributed by atoms with Gasteiger partial charge in [-0.15, -0.1) is 0 Å². The van der Waals surface area contributed by atoms with Crippen LogP contribution >= 0.6 is 15.9 Å². The maximum atomic E-state index is 12.4. The van der Waals surface area contributed by atoms with Gasteiger partial charge in [0.2, 0.25) is 5.91 Å². The Morgan fingerprint density at radius 3 is 2.62 bits per heavy atom. The minimum atomic E-state index is -0.972. The second kappa shape index (κ2) is 11.9. The standard InChI is InChI=1S/C27H37BrN8O3/c1-26(2,3)18-5-7-19(8-6-18)34-25(38)30-11-10-29-21(37)14-35(4)15-27(39)9-12-36(16-27)24-22-20(28)13-31-23(22)32-17-33-24/h5-8,13,17,39H,9-12,14-16H2,1-4H3,(H,29,37)(H2,30,34,38)(H,31,32,33). The van der Waals surface area contributed by atoms with Crippen molar-refractivity contribution in [1.82, 2.24) is 30.5 Å². The highest BCUT2D eigenvalue weighted by molar-refractivity contribution is 9.10. The molecule has 1 saturated heterocycles. The van der Waals surface area contributed by atoms with Crippen LogP contribution < -0.4 is 20.9 Å². The van der Waals surface area contributed by atoms with E-state index in [-0.39, 0.29) is 23.9 Å². The monoisotopic (exact) mass is 600 g/mol. The van der Waals surface area contributed by atoms with Crippen LogP contribution in [-0.4, -0.2) is 88.8 Å². The number of carbonyl (C=O) groups is 2. The lowest BCUT2D eigenvalue weighted by atomic mass is 9.87. The molecular weight excluding hydrogens is 564 g/mol. The molecule has 12 heteroatoms. The van der Waals surface area contributed by atoms with Gasteiger partial charge in [-0.25, -0.2) is 14.8 Å². The van der Waals surface area contributed by atoms with Crippen LogP contribution in [0, 0.1) is 0 Å². The molecule has 3 aromatic rings. The van der Waals surface area contributed by atoms with Gasteiger partial charge in [-0.2, -0.15) is 0 Å². The molecule has 2 aromatic heterocycles. The number of aromatic nitrogens is 3. The van der Waals surface area contributed by atoms with Crippen LogP contribution in [-0.2, 0) is 10.2 Å². The Labute approximate surface area is 236 Å². The van der Waals surface area contributed by atoms with Crippen molar-refractivity contribution in [3.05, 3.63) is 46.8 Å². The molecule has 3 heterocycles. The zero-order chi connectivity index (χ0) is 28.2. The maximum Gasteiger partial charge on any atom is 0.319 e. The number of aliphatic hydroxyl groups is 1. The number of hydrogen-bond acceptors (Lipinski definition) is 7. The smallest absolute Gasteiger partial charge is 0.319 e. The molecule has 11 nitrogen and oxygen atoms in total. The van der Waals surface area contributed by atoms with E-state index in [1.807, 2.05) is 47.3 Å². The highest BCUT2D eigenvalue weighted by Crippen LogP contribution is 2.34. The Morgan fingerprint density at radius 1 is 1.18 bits per heavy atom. The van der Waals surface area contributed by atoms with Crippen molar-refractivity contribution in [2.24, 2.45) is 0 Å². The molecule has 0 saturated carbocycles. The SMILES string of the molecule is CN(CC(=O)NCCNC(=O)Nc1ccc(C(C)(C)C)cc1)CC1(O)CCN(c2ncnc3[nH]cc(Br)c23)C1. The molecule has 1 atom stereocenters. The van der Waals surface area contributed by atoms with Crippen LogP contribution in [0.3, 0.4) is 0 Å². The summed E-state index contributed by atoms with van der Waals surface area (Å²) in [5.41, 5.74) is 1.71. The molecule has 39 heavy (non-hydrogen) atoms. The average Bonchev–Trinajstić information content (AvgIpc) is 3.44. The van der Waals surface area contributed by atoms with Gasteiger partial charge in [-0.3, -0.25) is 9.69 Å². The number of nitrogens with zero attached hydrogens (tertiary/aromatic N) is 4. The Morgan fingerprint density at radius 2 is 1.90 bits per heavy atom.